The van der Waals surface area contributed by atoms with Gasteiger partial charge < -0.3 is 14.8 Å². The molecule has 3 aromatic rings. The van der Waals surface area contributed by atoms with E-state index in [0.717, 1.165) is 5.56 Å². The second-order valence-corrected chi connectivity index (χ2v) is 5.56. The predicted octanol–water partition coefficient (Wildman–Crippen LogP) is 2.18. The van der Waals surface area contributed by atoms with Gasteiger partial charge in [0.15, 0.2) is 5.82 Å². The number of amides is 1. The summed E-state index contributed by atoms with van der Waals surface area (Å²) in [5, 5.41) is 16.8. The number of aromatic amines is 1. The molecule has 0 saturated heterocycles. The first-order valence-corrected chi connectivity index (χ1v) is 8.01. The molecular weight excluding hydrogens is 334 g/mol. The van der Waals surface area contributed by atoms with Gasteiger partial charge in [-0.3, -0.25) is 4.79 Å². The number of anilines is 1. The van der Waals surface area contributed by atoms with Crippen molar-refractivity contribution in [2.24, 2.45) is 0 Å². The Bertz CT molecular complexity index is 853. The predicted molar refractivity (Wildman–Crippen MR) is 95.2 cm³/mol. The van der Waals surface area contributed by atoms with E-state index in [9.17, 15) is 4.79 Å². The van der Waals surface area contributed by atoms with Gasteiger partial charge in [-0.15, -0.1) is 10.2 Å². The molecule has 0 aliphatic carbocycles. The number of rotatable bonds is 7. The summed E-state index contributed by atoms with van der Waals surface area (Å²) in [6.07, 6.45) is 0.332. The third kappa shape index (κ3) is 3.97. The Hall–Kier alpha value is -3.42. The van der Waals surface area contributed by atoms with Crippen LogP contribution in [0.3, 0.4) is 0 Å². The van der Waals surface area contributed by atoms with Gasteiger partial charge in [0.1, 0.15) is 17.4 Å². The zero-order chi connectivity index (χ0) is 18.4. The fourth-order valence-electron chi connectivity index (χ4n) is 2.63. The van der Waals surface area contributed by atoms with E-state index in [-0.39, 0.29) is 5.91 Å². The first-order valence-electron chi connectivity index (χ1n) is 8.01. The van der Waals surface area contributed by atoms with Crippen molar-refractivity contribution < 1.29 is 14.3 Å². The van der Waals surface area contributed by atoms with E-state index in [4.69, 9.17) is 9.47 Å². The molecule has 3 rings (SSSR count). The SMILES string of the molecule is COc1ccc(OC)c(C[C@@H](C(=O)Nc2ccccc2)c2nn[nH]n2)c1. The summed E-state index contributed by atoms with van der Waals surface area (Å²) in [5.41, 5.74) is 1.51. The van der Waals surface area contributed by atoms with Crippen molar-refractivity contribution in [1.29, 1.82) is 0 Å². The molecule has 2 N–H and O–H groups in total. The number of tetrazole rings is 1. The molecule has 1 amide bonds. The van der Waals surface area contributed by atoms with Crippen LogP contribution in [-0.4, -0.2) is 40.8 Å². The molecule has 0 bridgehead atoms. The van der Waals surface area contributed by atoms with E-state index in [1.807, 2.05) is 36.4 Å². The lowest BCUT2D eigenvalue weighted by molar-refractivity contribution is -0.117. The van der Waals surface area contributed by atoms with E-state index in [2.05, 4.69) is 25.9 Å². The van der Waals surface area contributed by atoms with Gasteiger partial charge in [0, 0.05) is 5.69 Å². The van der Waals surface area contributed by atoms with Crippen LogP contribution in [0.4, 0.5) is 5.69 Å². The van der Waals surface area contributed by atoms with Crippen LogP contribution in [0.1, 0.15) is 17.3 Å². The van der Waals surface area contributed by atoms with Gasteiger partial charge in [-0.2, -0.15) is 5.21 Å². The van der Waals surface area contributed by atoms with Gasteiger partial charge in [-0.05, 0) is 42.3 Å². The van der Waals surface area contributed by atoms with Crippen LogP contribution in [0.2, 0.25) is 0 Å². The highest BCUT2D eigenvalue weighted by atomic mass is 16.5. The Kier molecular flexibility index (Phi) is 5.43. The number of hydrogen-bond donors (Lipinski definition) is 2. The Morgan fingerprint density at radius 2 is 1.96 bits per heavy atom. The van der Waals surface area contributed by atoms with Crippen LogP contribution in [0.15, 0.2) is 48.5 Å². The summed E-state index contributed by atoms with van der Waals surface area (Å²) in [5.74, 6) is 0.767. The summed E-state index contributed by atoms with van der Waals surface area (Å²) in [6.45, 7) is 0. The second-order valence-electron chi connectivity index (χ2n) is 5.56. The second kappa shape index (κ2) is 8.11. The molecular formula is C18H19N5O3. The monoisotopic (exact) mass is 353 g/mol. The van der Waals surface area contributed by atoms with Crippen LogP contribution in [0.5, 0.6) is 11.5 Å². The number of hydrogen-bond acceptors (Lipinski definition) is 6. The molecule has 8 nitrogen and oxygen atoms in total. The van der Waals surface area contributed by atoms with Crippen molar-refractivity contribution in [2.45, 2.75) is 12.3 Å². The molecule has 8 heteroatoms. The molecule has 0 fully saturated rings. The molecule has 0 aliphatic rings. The third-order valence-electron chi connectivity index (χ3n) is 3.94. The fourth-order valence-corrected chi connectivity index (χ4v) is 2.63. The summed E-state index contributed by atoms with van der Waals surface area (Å²) in [4.78, 5) is 12.9. The first kappa shape index (κ1) is 17.4. The molecule has 26 heavy (non-hydrogen) atoms. The van der Waals surface area contributed by atoms with Crippen LogP contribution >= 0.6 is 0 Å². The molecule has 0 radical (unpaired) electrons. The quantitative estimate of drug-likeness (QED) is 0.675. The Morgan fingerprint density at radius 1 is 1.15 bits per heavy atom. The zero-order valence-corrected chi connectivity index (χ0v) is 14.5. The van der Waals surface area contributed by atoms with Gasteiger partial charge >= 0.3 is 0 Å². The van der Waals surface area contributed by atoms with Crippen molar-refractivity contribution in [3.63, 3.8) is 0 Å². The number of nitrogens with one attached hydrogen (secondary N) is 2. The maximum Gasteiger partial charge on any atom is 0.235 e. The van der Waals surface area contributed by atoms with Crippen LogP contribution in [-0.2, 0) is 11.2 Å². The number of aromatic nitrogens is 4. The largest absolute Gasteiger partial charge is 0.497 e. The minimum Gasteiger partial charge on any atom is -0.497 e. The molecule has 1 heterocycles. The first-order chi connectivity index (χ1) is 12.7. The van der Waals surface area contributed by atoms with E-state index < -0.39 is 5.92 Å². The molecule has 0 saturated carbocycles. The maximum atomic E-state index is 12.9. The molecule has 1 atom stereocenters. The standard InChI is InChI=1S/C18H19N5O3/c1-25-14-8-9-16(26-2)12(10-14)11-15(17-20-22-23-21-17)18(24)19-13-6-4-3-5-7-13/h3-10,15H,11H2,1-2H3,(H,19,24)(H,20,21,22,23)/t15-/m1/s1. The maximum absolute atomic E-state index is 12.9. The minimum absolute atomic E-state index is 0.234. The highest BCUT2D eigenvalue weighted by Crippen LogP contribution is 2.29. The molecule has 2 aromatic carbocycles. The van der Waals surface area contributed by atoms with Crippen LogP contribution < -0.4 is 14.8 Å². The molecule has 0 aliphatic heterocycles. The highest BCUT2D eigenvalue weighted by Gasteiger charge is 2.27. The van der Waals surface area contributed by atoms with Gasteiger partial charge in [0.25, 0.3) is 0 Å². The number of methoxy groups -OCH3 is 2. The Balaban J connectivity index is 1.89. The summed E-state index contributed by atoms with van der Waals surface area (Å²) >= 11 is 0. The normalized spacial score (nSPS) is 11.6. The smallest absolute Gasteiger partial charge is 0.235 e. The summed E-state index contributed by atoms with van der Waals surface area (Å²) in [6, 6.07) is 14.7. The minimum atomic E-state index is -0.644. The molecule has 1 aromatic heterocycles. The highest BCUT2D eigenvalue weighted by molar-refractivity contribution is 5.95. The molecule has 0 spiro atoms. The summed E-state index contributed by atoms with van der Waals surface area (Å²) in [7, 11) is 3.17. The number of benzene rings is 2. The lowest BCUT2D eigenvalue weighted by Crippen LogP contribution is -2.24. The van der Waals surface area contributed by atoms with Gasteiger partial charge in [0.2, 0.25) is 5.91 Å². The number of para-hydroxylation sites is 1. The van der Waals surface area contributed by atoms with Crippen molar-refractivity contribution in [3.8, 4) is 11.5 Å². The van der Waals surface area contributed by atoms with Crippen molar-refractivity contribution >= 4 is 11.6 Å². The summed E-state index contributed by atoms with van der Waals surface area (Å²) < 4.78 is 10.7. The van der Waals surface area contributed by atoms with Gasteiger partial charge in [-0.25, -0.2) is 0 Å². The average molecular weight is 353 g/mol. The van der Waals surface area contributed by atoms with Crippen LogP contribution in [0, 0.1) is 0 Å². The van der Waals surface area contributed by atoms with E-state index in [1.165, 1.54) is 0 Å². The molecule has 0 unspecified atom stereocenters. The van der Waals surface area contributed by atoms with E-state index >= 15 is 0 Å². The van der Waals surface area contributed by atoms with E-state index in [1.54, 1.807) is 26.4 Å². The average Bonchev–Trinajstić information content (AvgIpc) is 3.21. The zero-order valence-electron chi connectivity index (χ0n) is 14.5. The number of ether oxygens (including phenoxy) is 2. The lowest BCUT2D eigenvalue weighted by atomic mass is 9.96. The number of carbonyl (C=O) groups excluding carboxylic acids is 1. The van der Waals surface area contributed by atoms with Crippen molar-refractivity contribution in [2.75, 3.05) is 19.5 Å². The Morgan fingerprint density at radius 3 is 2.62 bits per heavy atom. The lowest BCUT2D eigenvalue weighted by Gasteiger charge is -2.16. The fraction of sp³-hybridized carbons (Fsp3) is 0.222. The van der Waals surface area contributed by atoms with Crippen molar-refractivity contribution in [3.05, 3.63) is 59.9 Å². The van der Waals surface area contributed by atoms with Crippen molar-refractivity contribution in [1.82, 2.24) is 20.6 Å². The van der Waals surface area contributed by atoms with E-state index in [0.29, 0.717) is 29.4 Å². The Labute approximate surface area is 150 Å². The third-order valence-corrected chi connectivity index (χ3v) is 3.94. The number of H-pyrrole nitrogens is 1. The number of nitrogens with zero attached hydrogens (tertiary/aromatic N) is 3. The molecule has 134 valence electrons. The van der Waals surface area contributed by atoms with Gasteiger partial charge in [0.05, 0.1) is 14.2 Å². The topological polar surface area (TPSA) is 102 Å². The van der Waals surface area contributed by atoms with Gasteiger partial charge in [-0.1, -0.05) is 23.4 Å². The number of carbonyl (C=O) groups is 1. The van der Waals surface area contributed by atoms with Crippen LogP contribution in [0.25, 0.3) is 0 Å².